The summed E-state index contributed by atoms with van der Waals surface area (Å²) < 4.78 is 10.6. The van der Waals surface area contributed by atoms with E-state index in [9.17, 15) is 4.79 Å². The van der Waals surface area contributed by atoms with Crippen molar-refractivity contribution < 1.29 is 14.3 Å². The van der Waals surface area contributed by atoms with E-state index >= 15 is 0 Å². The average molecular weight is 192 g/mol. The maximum atomic E-state index is 11.6. The van der Waals surface area contributed by atoms with E-state index in [1.54, 1.807) is 26.0 Å². The molecule has 0 bridgehead atoms. The van der Waals surface area contributed by atoms with E-state index in [1.165, 1.54) is 0 Å². The highest BCUT2D eigenvalue weighted by Crippen LogP contribution is 2.31. The Balaban J connectivity index is 2.50. The predicted octanol–water partition coefficient (Wildman–Crippen LogP) is 2.28. The number of ether oxygens (including phenoxy) is 2. The van der Waals surface area contributed by atoms with Gasteiger partial charge in [-0.25, -0.2) is 4.79 Å². The molecule has 0 N–H and O–H groups in total. The molecule has 0 fully saturated rings. The second kappa shape index (κ2) is 2.74. The summed E-state index contributed by atoms with van der Waals surface area (Å²) in [6, 6.07) is 5.48. The molecule has 0 spiro atoms. The predicted molar refractivity (Wildman–Crippen MR) is 51.3 cm³/mol. The lowest BCUT2D eigenvalue weighted by Gasteiger charge is -2.31. The highest BCUT2D eigenvalue weighted by molar-refractivity contribution is 5.93. The Morgan fingerprint density at radius 2 is 1.93 bits per heavy atom. The SMILES string of the molecule is Cc1ccc2c(c1)C(=O)OC(C)(C)O2. The first-order valence-electron chi connectivity index (χ1n) is 4.51. The van der Waals surface area contributed by atoms with Gasteiger partial charge in [-0.2, -0.15) is 0 Å². The van der Waals surface area contributed by atoms with E-state index in [2.05, 4.69) is 0 Å². The van der Waals surface area contributed by atoms with Gasteiger partial charge in [0.1, 0.15) is 11.3 Å². The molecule has 1 aliphatic rings. The summed E-state index contributed by atoms with van der Waals surface area (Å²) in [4.78, 5) is 11.6. The van der Waals surface area contributed by atoms with Crippen molar-refractivity contribution in [3.63, 3.8) is 0 Å². The van der Waals surface area contributed by atoms with Crippen LogP contribution in [0.3, 0.4) is 0 Å². The topological polar surface area (TPSA) is 35.5 Å². The van der Waals surface area contributed by atoms with Crippen molar-refractivity contribution in [3.8, 4) is 5.75 Å². The molecule has 3 heteroatoms. The largest absolute Gasteiger partial charge is 0.452 e. The molecule has 14 heavy (non-hydrogen) atoms. The lowest BCUT2D eigenvalue weighted by atomic mass is 10.1. The number of cyclic esters (lactones) is 1. The zero-order valence-corrected chi connectivity index (χ0v) is 8.46. The normalized spacial score (nSPS) is 18.1. The van der Waals surface area contributed by atoms with Gasteiger partial charge in [-0.05, 0) is 19.1 Å². The minimum atomic E-state index is -0.862. The Morgan fingerprint density at radius 3 is 2.64 bits per heavy atom. The van der Waals surface area contributed by atoms with Crippen LogP contribution in [0.2, 0.25) is 0 Å². The first-order chi connectivity index (χ1) is 6.48. The van der Waals surface area contributed by atoms with Gasteiger partial charge in [0.25, 0.3) is 0 Å². The summed E-state index contributed by atoms with van der Waals surface area (Å²) in [5, 5.41) is 0. The molecule has 0 aromatic heterocycles. The summed E-state index contributed by atoms with van der Waals surface area (Å²) in [5.41, 5.74) is 1.52. The molecule has 2 rings (SSSR count). The van der Waals surface area contributed by atoms with E-state index in [1.807, 2.05) is 13.0 Å². The van der Waals surface area contributed by atoms with E-state index in [-0.39, 0.29) is 5.97 Å². The number of fused-ring (bicyclic) bond motifs is 1. The van der Waals surface area contributed by atoms with Crippen molar-refractivity contribution in [1.82, 2.24) is 0 Å². The first kappa shape index (κ1) is 9.06. The molecule has 0 amide bonds. The van der Waals surface area contributed by atoms with Crippen molar-refractivity contribution in [1.29, 1.82) is 0 Å². The third-order valence-electron chi connectivity index (χ3n) is 2.05. The molecule has 3 nitrogen and oxygen atoms in total. The van der Waals surface area contributed by atoms with Gasteiger partial charge in [-0.1, -0.05) is 11.6 Å². The minimum absolute atomic E-state index is 0.319. The Labute approximate surface area is 82.6 Å². The number of carbonyl (C=O) groups is 1. The Bertz CT molecular complexity index is 394. The fourth-order valence-electron chi connectivity index (χ4n) is 1.46. The van der Waals surface area contributed by atoms with Gasteiger partial charge in [0.05, 0.1) is 0 Å². The summed E-state index contributed by atoms with van der Waals surface area (Å²) in [5.74, 6) is -0.587. The molecule has 74 valence electrons. The lowest BCUT2D eigenvalue weighted by Crippen LogP contribution is -2.38. The quantitative estimate of drug-likeness (QED) is 0.591. The highest BCUT2D eigenvalue weighted by atomic mass is 16.7. The van der Waals surface area contributed by atoms with Crippen molar-refractivity contribution in [3.05, 3.63) is 29.3 Å². The van der Waals surface area contributed by atoms with Crippen LogP contribution in [0, 0.1) is 6.92 Å². The first-order valence-corrected chi connectivity index (χ1v) is 4.51. The lowest BCUT2D eigenvalue weighted by molar-refractivity contribution is -0.127. The molecular weight excluding hydrogens is 180 g/mol. The van der Waals surface area contributed by atoms with Crippen molar-refractivity contribution >= 4 is 5.97 Å². The maximum Gasteiger partial charge on any atom is 0.345 e. The second-order valence-corrected chi connectivity index (χ2v) is 3.89. The van der Waals surface area contributed by atoms with Crippen LogP contribution in [0.5, 0.6) is 5.75 Å². The highest BCUT2D eigenvalue weighted by Gasteiger charge is 2.33. The third-order valence-corrected chi connectivity index (χ3v) is 2.05. The van der Waals surface area contributed by atoms with E-state index in [4.69, 9.17) is 9.47 Å². The zero-order chi connectivity index (χ0) is 10.3. The van der Waals surface area contributed by atoms with Gasteiger partial charge in [0, 0.05) is 13.8 Å². The molecule has 1 heterocycles. The molecular formula is C11H12O3. The molecule has 0 unspecified atom stereocenters. The van der Waals surface area contributed by atoms with Crippen molar-refractivity contribution in [2.24, 2.45) is 0 Å². The molecule has 0 saturated heterocycles. The van der Waals surface area contributed by atoms with Gasteiger partial charge in [0.2, 0.25) is 5.79 Å². The summed E-state index contributed by atoms with van der Waals surface area (Å²) in [6.45, 7) is 5.36. The van der Waals surface area contributed by atoms with E-state index in [0.717, 1.165) is 5.56 Å². The van der Waals surface area contributed by atoms with Crippen LogP contribution in [-0.2, 0) is 4.74 Å². The van der Waals surface area contributed by atoms with E-state index < -0.39 is 5.79 Å². The monoisotopic (exact) mass is 192 g/mol. The molecule has 0 radical (unpaired) electrons. The Kier molecular flexibility index (Phi) is 1.77. The van der Waals surface area contributed by atoms with Gasteiger partial charge >= 0.3 is 5.97 Å². The van der Waals surface area contributed by atoms with Crippen LogP contribution in [0.25, 0.3) is 0 Å². The standard InChI is InChI=1S/C11H12O3/c1-7-4-5-9-8(6-7)10(12)14-11(2,3)13-9/h4-6H,1-3H3. The summed E-state index contributed by atoms with van der Waals surface area (Å²) in [6.07, 6.45) is 0. The van der Waals surface area contributed by atoms with Crippen LogP contribution in [0.4, 0.5) is 0 Å². The smallest absolute Gasteiger partial charge is 0.345 e. The third kappa shape index (κ3) is 1.45. The Hall–Kier alpha value is -1.51. The molecule has 0 saturated carbocycles. The number of aryl methyl sites for hydroxylation is 1. The van der Waals surface area contributed by atoms with Gasteiger partial charge < -0.3 is 9.47 Å². The van der Waals surface area contributed by atoms with Crippen LogP contribution < -0.4 is 4.74 Å². The number of carbonyl (C=O) groups excluding carboxylic acids is 1. The molecule has 0 aliphatic carbocycles. The summed E-state index contributed by atoms with van der Waals surface area (Å²) >= 11 is 0. The number of benzene rings is 1. The summed E-state index contributed by atoms with van der Waals surface area (Å²) in [7, 11) is 0. The van der Waals surface area contributed by atoms with Gasteiger partial charge in [0.15, 0.2) is 0 Å². The average Bonchev–Trinajstić information content (AvgIpc) is 2.05. The fraction of sp³-hybridized carbons (Fsp3) is 0.364. The number of hydrogen-bond acceptors (Lipinski definition) is 3. The minimum Gasteiger partial charge on any atom is -0.452 e. The van der Waals surface area contributed by atoms with Crippen LogP contribution >= 0.6 is 0 Å². The van der Waals surface area contributed by atoms with E-state index in [0.29, 0.717) is 11.3 Å². The number of esters is 1. The fourth-order valence-corrected chi connectivity index (χ4v) is 1.46. The molecule has 1 aliphatic heterocycles. The maximum absolute atomic E-state index is 11.6. The zero-order valence-electron chi connectivity index (χ0n) is 8.46. The Morgan fingerprint density at radius 1 is 1.21 bits per heavy atom. The van der Waals surface area contributed by atoms with Crippen LogP contribution in [0.1, 0.15) is 29.8 Å². The second-order valence-electron chi connectivity index (χ2n) is 3.89. The number of hydrogen-bond donors (Lipinski definition) is 0. The molecule has 1 aromatic rings. The van der Waals surface area contributed by atoms with Gasteiger partial charge in [-0.15, -0.1) is 0 Å². The van der Waals surface area contributed by atoms with Crippen LogP contribution in [-0.4, -0.2) is 11.8 Å². The van der Waals surface area contributed by atoms with Gasteiger partial charge in [-0.3, -0.25) is 0 Å². The number of rotatable bonds is 0. The van der Waals surface area contributed by atoms with Crippen LogP contribution in [0.15, 0.2) is 18.2 Å². The van der Waals surface area contributed by atoms with Crippen molar-refractivity contribution in [2.75, 3.05) is 0 Å². The molecule has 0 atom stereocenters. The molecule has 1 aromatic carbocycles. The van der Waals surface area contributed by atoms with Crippen molar-refractivity contribution in [2.45, 2.75) is 26.6 Å².